The molecule has 0 aliphatic heterocycles. The van der Waals surface area contributed by atoms with Gasteiger partial charge in [-0.05, 0) is 67.1 Å². The molecule has 1 aromatic heterocycles. The largest absolute Gasteiger partial charge is 0.481 e. The molecule has 3 rings (SSSR count). The van der Waals surface area contributed by atoms with Crippen molar-refractivity contribution in [2.75, 3.05) is 10.0 Å². The van der Waals surface area contributed by atoms with Crippen LogP contribution in [0.4, 0.5) is 15.8 Å². The molecular weight excluding hydrogens is 409 g/mol. The summed E-state index contributed by atoms with van der Waals surface area (Å²) < 4.78 is 45.9. The number of nitrogens with one attached hydrogen (secondary N) is 2. The van der Waals surface area contributed by atoms with Crippen LogP contribution < -0.4 is 14.8 Å². The highest BCUT2D eigenvalue weighted by Gasteiger charge is 2.19. The highest BCUT2D eigenvalue weighted by Crippen LogP contribution is 2.19. The molecule has 0 saturated heterocycles. The summed E-state index contributed by atoms with van der Waals surface area (Å²) in [6, 6.07) is 14.3. The second kappa shape index (κ2) is 9.36. The highest BCUT2D eigenvalue weighted by atomic mass is 32.2. The molecule has 7 nitrogen and oxygen atoms in total. The molecule has 0 aliphatic carbocycles. The summed E-state index contributed by atoms with van der Waals surface area (Å²) in [4.78, 5) is 16.4. The van der Waals surface area contributed by atoms with Crippen LogP contribution in [0.15, 0.2) is 78.0 Å². The number of pyridine rings is 1. The lowest BCUT2D eigenvalue weighted by Gasteiger charge is -2.17. The van der Waals surface area contributed by atoms with Gasteiger partial charge in [0.2, 0.25) is 0 Å². The maximum absolute atomic E-state index is 13.0. The quantitative estimate of drug-likeness (QED) is 0.567. The second-order valence-corrected chi connectivity index (χ2v) is 8.01. The van der Waals surface area contributed by atoms with Gasteiger partial charge in [-0.25, -0.2) is 12.8 Å². The average Bonchev–Trinajstić information content (AvgIpc) is 2.74. The summed E-state index contributed by atoms with van der Waals surface area (Å²) in [6.07, 6.45) is 2.55. The molecule has 2 N–H and O–H groups in total. The molecule has 3 aromatic rings. The molecule has 0 aliphatic rings. The minimum absolute atomic E-state index is 0.0407. The Morgan fingerprint density at radius 1 is 1.07 bits per heavy atom. The van der Waals surface area contributed by atoms with Gasteiger partial charge in [-0.2, -0.15) is 0 Å². The van der Waals surface area contributed by atoms with Crippen molar-refractivity contribution < 1.29 is 22.3 Å². The monoisotopic (exact) mass is 429 g/mol. The second-order valence-electron chi connectivity index (χ2n) is 6.33. The molecule has 9 heteroatoms. The van der Waals surface area contributed by atoms with E-state index in [1.54, 1.807) is 25.3 Å². The van der Waals surface area contributed by atoms with Crippen LogP contribution in [0.2, 0.25) is 0 Å². The van der Waals surface area contributed by atoms with Gasteiger partial charge in [-0.3, -0.25) is 14.5 Å². The predicted molar refractivity (Wildman–Crippen MR) is 111 cm³/mol. The minimum Gasteiger partial charge on any atom is -0.481 e. The summed E-state index contributed by atoms with van der Waals surface area (Å²) in [5.41, 5.74) is 0.764. The third kappa shape index (κ3) is 5.54. The minimum atomic E-state index is -3.78. The zero-order valence-electron chi connectivity index (χ0n) is 16.1. The zero-order valence-corrected chi connectivity index (χ0v) is 16.9. The van der Waals surface area contributed by atoms with Crippen LogP contribution >= 0.6 is 0 Å². The Hall–Kier alpha value is -3.46. The summed E-state index contributed by atoms with van der Waals surface area (Å²) in [7, 11) is -3.78. The van der Waals surface area contributed by atoms with Crippen LogP contribution in [0.3, 0.4) is 0 Å². The van der Waals surface area contributed by atoms with Crippen molar-refractivity contribution in [3.05, 3.63) is 78.9 Å². The number of amides is 1. The van der Waals surface area contributed by atoms with E-state index in [2.05, 4.69) is 15.0 Å². The van der Waals surface area contributed by atoms with Crippen molar-refractivity contribution in [2.24, 2.45) is 0 Å². The molecular formula is C21H20FN3O4S. The predicted octanol–water partition coefficient (Wildman–Crippen LogP) is 3.82. The van der Waals surface area contributed by atoms with Gasteiger partial charge in [0.05, 0.1) is 16.8 Å². The number of benzene rings is 2. The maximum Gasteiger partial charge on any atom is 0.265 e. The summed E-state index contributed by atoms with van der Waals surface area (Å²) >= 11 is 0. The molecule has 0 fully saturated rings. The number of carbonyl (C=O) groups is 1. The van der Waals surface area contributed by atoms with Crippen molar-refractivity contribution >= 4 is 27.3 Å². The van der Waals surface area contributed by atoms with Crippen molar-refractivity contribution in [3.63, 3.8) is 0 Å². The first kappa shape index (κ1) is 21.3. The number of anilines is 2. The average molecular weight is 429 g/mol. The van der Waals surface area contributed by atoms with E-state index in [0.717, 1.165) is 0 Å². The van der Waals surface area contributed by atoms with E-state index < -0.39 is 27.9 Å². The van der Waals surface area contributed by atoms with Gasteiger partial charge in [0.15, 0.2) is 6.10 Å². The van der Waals surface area contributed by atoms with Gasteiger partial charge >= 0.3 is 0 Å². The first-order chi connectivity index (χ1) is 14.4. The summed E-state index contributed by atoms with van der Waals surface area (Å²) in [6.45, 7) is 1.79. The molecule has 156 valence electrons. The van der Waals surface area contributed by atoms with Crippen LogP contribution in [0.25, 0.3) is 0 Å². The number of sulfonamides is 1. The lowest BCUT2D eigenvalue weighted by Crippen LogP contribution is -2.32. The molecule has 1 unspecified atom stereocenters. The van der Waals surface area contributed by atoms with Gasteiger partial charge < -0.3 is 10.1 Å². The number of rotatable bonds is 8. The number of halogens is 1. The molecule has 0 bridgehead atoms. The molecule has 1 heterocycles. The zero-order chi connectivity index (χ0) is 21.6. The Morgan fingerprint density at radius 3 is 2.37 bits per heavy atom. The number of hydrogen-bond acceptors (Lipinski definition) is 5. The Bertz CT molecular complexity index is 1090. The molecule has 2 aromatic carbocycles. The Balaban J connectivity index is 1.65. The van der Waals surface area contributed by atoms with Crippen molar-refractivity contribution in [1.82, 2.24) is 4.98 Å². The smallest absolute Gasteiger partial charge is 0.265 e. The molecule has 1 amide bonds. The van der Waals surface area contributed by atoms with Crippen LogP contribution in [0.1, 0.15) is 13.3 Å². The Labute approximate surface area is 174 Å². The molecule has 0 spiro atoms. The van der Waals surface area contributed by atoms with Crippen molar-refractivity contribution in [2.45, 2.75) is 24.3 Å². The lowest BCUT2D eigenvalue weighted by atomic mass is 10.2. The third-order valence-electron chi connectivity index (χ3n) is 4.10. The number of hydrogen-bond donors (Lipinski definition) is 2. The number of aromatic nitrogens is 1. The normalized spacial score (nSPS) is 12.1. The standard InChI is InChI=1S/C21H20FN3O4S/c1-2-20(29-18-9-5-15(22)6-10-18)21(26)24-16-7-11-19(12-8-16)30(27,28)25-17-4-3-13-23-14-17/h3-14,20,25H,2H2,1H3,(H,24,26). The lowest BCUT2D eigenvalue weighted by molar-refractivity contribution is -0.122. The fourth-order valence-electron chi connectivity index (χ4n) is 2.58. The van der Waals surface area contributed by atoms with Crippen LogP contribution in [-0.4, -0.2) is 25.4 Å². The van der Waals surface area contributed by atoms with Crippen LogP contribution in [0, 0.1) is 5.82 Å². The Morgan fingerprint density at radius 2 is 1.77 bits per heavy atom. The Kier molecular flexibility index (Phi) is 6.63. The summed E-state index contributed by atoms with van der Waals surface area (Å²) in [5.74, 6) is -0.417. The first-order valence-electron chi connectivity index (χ1n) is 9.13. The van der Waals surface area contributed by atoms with E-state index in [4.69, 9.17) is 4.74 Å². The van der Waals surface area contributed by atoms with Gasteiger partial charge in [-0.15, -0.1) is 0 Å². The summed E-state index contributed by atoms with van der Waals surface area (Å²) in [5, 5.41) is 2.69. The highest BCUT2D eigenvalue weighted by molar-refractivity contribution is 7.92. The van der Waals surface area contributed by atoms with Crippen molar-refractivity contribution in [3.8, 4) is 5.75 Å². The molecule has 0 radical (unpaired) electrons. The number of ether oxygens (including phenoxy) is 1. The maximum atomic E-state index is 13.0. The number of nitrogens with zero attached hydrogens (tertiary/aromatic N) is 1. The third-order valence-corrected chi connectivity index (χ3v) is 5.50. The fraction of sp³-hybridized carbons (Fsp3) is 0.143. The van der Waals surface area contributed by atoms with Crippen molar-refractivity contribution in [1.29, 1.82) is 0 Å². The van der Waals surface area contributed by atoms with Gasteiger partial charge in [-0.1, -0.05) is 6.92 Å². The molecule has 0 saturated carbocycles. The van der Waals surface area contributed by atoms with Crippen LogP contribution in [-0.2, 0) is 14.8 Å². The van der Waals surface area contributed by atoms with E-state index in [1.807, 2.05) is 0 Å². The number of carbonyl (C=O) groups excluding carboxylic acids is 1. The van der Waals surface area contributed by atoms with E-state index in [-0.39, 0.29) is 4.90 Å². The van der Waals surface area contributed by atoms with Gasteiger partial charge in [0, 0.05) is 11.9 Å². The van der Waals surface area contributed by atoms with Gasteiger partial charge in [0.1, 0.15) is 11.6 Å². The van der Waals surface area contributed by atoms with Gasteiger partial charge in [0.25, 0.3) is 15.9 Å². The van der Waals surface area contributed by atoms with E-state index in [0.29, 0.717) is 23.5 Å². The fourth-order valence-corrected chi connectivity index (χ4v) is 3.62. The molecule has 30 heavy (non-hydrogen) atoms. The van der Waals surface area contributed by atoms with Crippen LogP contribution in [0.5, 0.6) is 5.75 Å². The SMILES string of the molecule is CCC(Oc1ccc(F)cc1)C(=O)Nc1ccc(S(=O)(=O)Nc2cccnc2)cc1. The molecule has 1 atom stereocenters. The van der Waals surface area contributed by atoms with E-state index in [1.165, 1.54) is 54.7 Å². The van der Waals surface area contributed by atoms with E-state index >= 15 is 0 Å². The first-order valence-corrected chi connectivity index (χ1v) is 10.6. The topological polar surface area (TPSA) is 97.4 Å². The van der Waals surface area contributed by atoms with E-state index in [9.17, 15) is 17.6 Å².